The van der Waals surface area contributed by atoms with Crippen LogP contribution >= 0.6 is 69.2 Å². The van der Waals surface area contributed by atoms with E-state index in [1.54, 1.807) is 18.2 Å². The zero-order valence-corrected chi connectivity index (χ0v) is 20.7. The molecule has 0 spiro atoms. The van der Waals surface area contributed by atoms with Crippen molar-refractivity contribution in [3.63, 3.8) is 0 Å². The molecule has 0 saturated carbocycles. The number of halogens is 3. The molecule has 2 rings (SSSR count). The molecule has 0 aliphatic rings. The lowest BCUT2D eigenvalue weighted by molar-refractivity contribution is -0.991. The molecule has 0 bridgehead atoms. The van der Waals surface area contributed by atoms with Crippen LogP contribution in [0.2, 0.25) is 0 Å². The van der Waals surface area contributed by atoms with E-state index in [1.807, 2.05) is 0 Å². The Morgan fingerprint density at radius 1 is 0.966 bits per heavy atom. The number of benzene rings is 2. The zero-order valence-electron chi connectivity index (χ0n) is 14.8. The van der Waals surface area contributed by atoms with E-state index in [2.05, 4.69) is 0 Å². The summed E-state index contributed by atoms with van der Waals surface area (Å²) in [5.74, 6) is 0.310. The molecule has 0 aromatic heterocycles. The van der Waals surface area contributed by atoms with E-state index in [0.29, 0.717) is 17.1 Å². The van der Waals surface area contributed by atoms with Crippen LogP contribution in [0.3, 0.4) is 0 Å². The van der Waals surface area contributed by atoms with E-state index >= 15 is 0 Å². The number of thioether (sulfide) groups is 2. The maximum atomic E-state index is 13.6. The van der Waals surface area contributed by atoms with E-state index in [9.17, 15) is 14.8 Å². The lowest BCUT2D eigenvalue weighted by atomic mass is 10.2. The van der Waals surface area contributed by atoms with Gasteiger partial charge in [0.2, 0.25) is 0 Å². The minimum Gasteiger partial charge on any atom is -0.595 e. The number of hydrogen-bond donors (Lipinski definition) is 6. The van der Waals surface area contributed by atoms with Gasteiger partial charge in [0.05, 0.1) is 0 Å². The van der Waals surface area contributed by atoms with Gasteiger partial charge in [0.15, 0.2) is 16.0 Å². The summed E-state index contributed by atoms with van der Waals surface area (Å²) in [6.45, 7) is 0. The highest BCUT2D eigenvalue weighted by molar-refractivity contribution is 8.93. The van der Waals surface area contributed by atoms with Gasteiger partial charge in [-0.15, -0.1) is 34.0 Å². The van der Waals surface area contributed by atoms with E-state index in [-0.39, 0.29) is 55.8 Å². The van der Waals surface area contributed by atoms with Crippen LogP contribution in [0.15, 0.2) is 46.2 Å². The van der Waals surface area contributed by atoms with Gasteiger partial charge in [-0.3, -0.25) is 10.8 Å². The topological polar surface area (TPSA) is 147 Å². The highest BCUT2D eigenvalue weighted by Gasteiger charge is 2.13. The van der Waals surface area contributed by atoms with Crippen molar-refractivity contribution in [2.24, 2.45) is 11.5 Å². The van der Waals surface area contributed by atoms with Gasteiger partial charge >= 0.3 is 0 Å². The first-order chi connectivity index (χ1) is 12.8. The first-order valence-corrected chi connectivity index (χ1v) is 10.3. The molecule has 0 amide bonds. The van der Waals surface area contributed by atoms with Crippen LogP contribution in [0.4, 0.5) is 10.1 Å². The van der Waals surface area contributed by atoms with Crippen molar-refractivity contribution < 1.29 is 14.8 Å². The predicted molar refractivity (Wildman–Crippen MR) is 130 cm³/mol. The largest absolute Gasteiger partial charge is 0.595 e. The smallest absolute Gasteiger partial charge is 0.164 e. The minimum absolute atomic E-state index is 0. The molecule has 1 atom stereocenters. The first-order valence-electron chi connectivity index (χ1n) is 7.52. The summed E-state index contributed by atoms with van der Waals surface area (Å²) in [4.78, 5) is 1.57. The summed E-state index contributed by atoms with van der Waals surface area (Å²) >= 11 is 3.56. The number of quaternary nitrogens is 1. The molecule has 0 heterocycles. The molecular formula is C16H20Br2FN5O2S3. The fourth-order valence-electron chi connectivity index (χ4n) is 2.11. The van der Waals surface area contributed by atoms with Crippen LogP contribution < -0.4 is 16.7 Å². The number of amidine groups is 2. The van der Waals surface area contributed by atoms with Gasteiger partial charge in [-0.1, -0.05) is 35.3 Å². The summed E-state index contributed by atoms with van der Waals surface area (Å²) in [6.07, 6.45) is 0. The van der Waals surface area contributed by atoms with Gasteiger partial charge in [0, 0.05) is 33.4 Å². The Hall–Kier alpha value is -0.800. The summed E-state index contributed by atoms with van der Waals surface area (Å²) < 4.78 is 13.6. The molecule has 160 valence electrons. The van der Waals surface area contributed by atoms with Crippen molar-refractivity contribution >= 4 is 85.3 Å². The Bertz CT molecular complexity index is 861. The Labute approximate surface area is 201 Å². The Balaban J connectivity index is 0.00000392. The summed E-state index contributed by atoms with van der Waals surface area (Å²) in [5, 5.41) is 34.0. The van der Waals surface area contributed by atoms with Crippen LogP contribution in [0, 0.1) is 21.8 Å². The standard InChI is InChI=1S/C16H18FN5O2S3.2BrH/c17-11-1-3-13(9(5-11)7-25-15(18)19)27-14-4-2-12(22(23)24)6-10(14)8-26-16(20)21;;/h1-6,22-23H,7-8H2,(H3,18,19)(H3,20,21);2*1H. The van der Waals surface area contributed by atoms with E-state index < -0.39 is 5.23 Å². The van der Waals surface area contributed by atoms with Gasteiger partial charge in [-0.25, -0.2) is 9.60 Å². The molecule has 7 nitrogen and oxygen atoms in total. The molecule has 2 aromatic carbocycles. The van der Waals surface area contributed by atoms with Crippen LogP contribution in [0.25, 0.3) is 0 Å². The second-order valence-electron chi connectivity index (χ2n) is 5.29. The minimum atomic E-state index is -1.04. The molecule has 1 unspecified atom stereocenters. The molecule has 2 aromatic rings. The average Bonchev–Trinajstić information content (AvgIpc) is 2.60. The van der Waals surface area contributed by atoms with Gasteiger partial charge < -0.3 is 16.7 Å². The molecule has 0 aliphatic heterocycles. The van der Waals surface area contributed by atoms with Crippen LogP contribution in [-0.4, -0.2) is 15.5 Å². The molecule has 0 radical (unpaired) electrons. The Morgan fingerprint density at radius 2 is 1.45 bits per heavy atom. The average molecular weight is 589 g/mol. The molecule has 13 heteroatoms. The normalized spacial score (nSPS) is 11.1. The monoisotopic (exact) mass is 587 g/mol. The number of hydrogen-bond acceptors (Lipinski definition) is 7. The lowest BCUT2D eigenvalue weighted by Crippen LogP contribution is -2.99. The highest BCUT2D eigenvalue weighted by atomic mass is 79.9. The van der Waals surface area contributed by atoms with Crippen LogP contribution in [-0.2, 0) is 11.5 Å². The van der Waals surface area contributed by atoms with Crippen molar-refractivity contribution in [3.05, 3.63) is 58.5 Å². The van der Waals surface area contributed by atoms with Crippen molar-refractivity contribution in [2.75, 3.05) is 0 Å². The quantitative estimate of drug-likeness (QED) is 0.164. The van der Waals surface area contributed by atoms with Crippen molar-refractivity contribution in [1.82, 2.24) is 0 Å². The third-order valence-electron chi connectivity index (χ3n) is 3.32. The van der Waals surface area contributed by atoms with Gasteiger partial charge in [-0.2, -0.15) is 5.23 Å². The maximum Gasteiger partial charge on any atom is 0.164 e. The molecule has 29 heavy (non-hydrogen) atoms. The molecule has 0 aliphatic carbocycles. The maximum absolute atomic E-state index is 13.6. The van der Waals surface area contributed by atoms with Crippen molar-refractivity contribution in [1.29, 1.82) is 10.8 Å². The SMILES string of the molecule is Br.Br.N=C(N)SCc1cc(F)ccc1Sc1ccc([NH+]([O-])O)cc1CSC(=N)N. The summed E-state index contributed by atoms with van der Waals surface area (Å²) in [6, 6.07) is 9.13. The number of nitrogens with two attached hydrogens (primary N) is 2. The van der Waals surface area contributed by atoms with E-state index in [1.165, 1.54) is 30.0 Å². The first kappa shape index (κ1) is 28.2. The van der Waals surface area contributed by atoms with E-state index in [4.69, 9.17) is 22.3 Å². The molecule has 8 N–H and O–H groups in total. The number of nitrogens with one attached hydrogen (secondary N) is 3. The predicted octanol–water partition coefficient (Wildman–Crippen LogP) is 3.79. The van der Waals surface area contributed by atoms with Gasteiger partial charge in [0.25, 0.3) is 0 Å². The van der Waals surface area contributed by atoms with E-state index in [0.717, 1.165) is 38.9 Å². The third kappa shape index (κ3) is 9.26. The highest BCUT2D eigenvalue weighted by Crippen LogP contribution is 2.36. The summed E-state index contributed by atoms with van der Waals surface area (Å²) in [5.41, 5.74) is 12.3. The Kier molecular flexibility index (Phi) is 13.1. The summed E-state index contributed by atoms with van der Waals surface area (Å²) in [7, 11) is 0. The second-order valence-corrected chi connectivity index (χ2v) is 8.41. The molecule has 0 saturated heterocycles. The van der Waals surface area contributed by atoms with Gasteiger partial charge in [0.1, 0.15) is 5.82 Å². The van der Waals surface area contributed by atoms with Crippen LogP contribution in [0.5, 0.6) is 0 Å². The second kappa shape index (κ2) is 13.5. The van der Waals surface area contributed by atoms with Gasteiger partial charge in [-0.05, 0) is 35.4 Å². The fraction of sp³-hybridized carbons (Fsp3) is 0.125. The van der Waals surface area contributed by atoms with Crippen molar-refractivity contribution in [3.8, 4) is 0 Å². The fourth-order valence-corrected chi connectivity index (χ4v) is 4.43. The Morgan fingerprint density at radius 3 is 1.93 bits per heavy atom. The lowest BCUT2D eigenvalue weighted by Gasteiger charge is -2.16. The van der Waals surface area contributed by atoms with Crippen molar-refractivity contribution in [2.45, 2.75) is 21.3 Å². The van der Waals surface area contributed by atoms with Crippen LogP contribution in [0.1, 0.15) is 11.1 Å². The molecular weight excluding hydrogens is 569 g/mol. The number of rotatable bonds is 7. The third-order valence-corrected chi connectivity index (χ3v) is 6.09. The zero-order chi connectivity index (χ0) is 20.0. The molecule has 0 fully saturated rings.